The van der Waals surface area contributed by atoms with Gasteiger partial charge in [0.05, 0.1) is 6.54 Å². The summed E-state index contributed by atoms with van der Waals surface area (Å²) in [6.07, 6.45) is 0.911. The molecule has 0 radical (unpaired) electrons. The first kappa shape index (κ1) is 6.51. The molecule has 9 heavy (non-hydrogen) atoms. The van der Waals surface area contributed by atoms with Crippen LogP contribution < -0.4 is 5.73 Å². The highest BCUT2D eigenvalue weighted by Crippen LogP contribution is 2.05. The van der Waals surface area contributed by atoms with Crippen LogP contribution in [0.1, 0.15) is 6.42 Å². The fourth-order valence-electron chi connectivity index (χ4n) is 0.911. The molecule has 1 saturated heterocycles. The Morgan fingerprint density at radius 3 is 3.00 bits per heavy atom. The Morgan fingerprint density at radius 2 is 2.56 bits per heavy atom. The molecule has 1 aliphatic heterocycles. The zero-order valence-electron chi connectivity index (χ0n) is 5.12. The Hall–Kier alpha value is -0.610. The molecule has 4 nitrogen and oxygen atoms in total. The number of hydrogen-bond donors (Lipinski definition) is 1. The predicted molar refractivity (Wildman–Crippen MR) is 31.3 cm³/mol. The van der Waals surface area contributed by atoms with Gasteiger partial charge in [-0.15, -0.1) is 5.06 Å². The maximum atomic E-state index is 9.76. The van der Waals surface area contributed by atoms with Crippen molar-refractivity contribution in [2.24, 2.45) is 5.73 Å². The van der Waals surface area contributed by atoms with E-state index in [-0.39, 0.29) is 6.04 Å². The molecule has 2 N–H and O–H groups in total. The summed E-state index contributed by atoms with van der Waals surface area (Å²) >= 11 is 0. The van der Waals surface area contributed by atoms with Gasteiger partial charge in [-0.05, 0) is 6.42 Å². The third-order valence-corrected chi connectivity index (χ3v) is 1.38. The molecule has 1 atom stereocenters. The van der Waals surface area contributed by atoms with Gasteiger partial charge in [-0.3, -0.25) is 4.79 Å². The number of nitrogens with two attached hydrogens (primary N) is 1. The topological polar surface area (TPSA) is 55.6 Å². The van der Waals surface area contributed by atoms with Crippen molar-refractivity contribution in [3.05, 3.63) is 0 Å². The second-order valence-corrected chi connectivity index (χ2v) is 2.14. The Balaban J connectivity index is 2.21. The third-order valence-electron chi connectivity index (χ3n) is 1.38. The predicted octanol–water partition coefficient (Wildman–Crippen LogP) is -0.893. The van der Waals surface area contributed by atoms with Gasteiger partial charge in [-0.1, -0.05) is 0 Å². The molecular weight excluding hydrogens is 120 g/mol. The van der Waals surface area contributed by atoms with Crippen LogP contribution in [-0.2, 0) is 9.63 Å². The Kier molecular flexibility index (Phi) is 2.02. The van der Waals surface area contributed by atoms with Crippen molar-refractivity contribution >= 4 is 6.47 Å². The van der Waals surface area contributed by atoms with E-state index in [4.69, 9.17) is 5.73 Å². The van der Waals surface area contributed by atoms with Gasteiger partial charge in [0.1, 0.15) is 0 Å². The lowest BCUT2D eigenvalue weighted by Crippen LogP contribution is -2.26. The van der Waals surface area contributed by atoms with Gasteiger partial charge in [0, 0.05) is 12.6 Å². The standard InChI is InChI=1S/C5H10N2O2/c6-5-1-2-7(3-5)9-4-8/h4-5H,1-3,6H2/t5-/m1/s1. The third kappa shape index (κ3) is 1.65. The zero-order chi connectivity index (χ0) is 6.69. The lowest BCUT2D eigenvalue weighted by Gasteiger charge is -2.09. The average Bonchev–Trinajstić information content (AvgIpc) is 2.17. The molecule has 0 amide bonds. The van der Waals surface area contributed by atoms with Crippen molar-refractivity contribution in [2.45, 2.75) is 12.5 Å². The fraction of sp³-hybridized carbons (Fsp3) is 0.800. The van der Waals surface area contributed by atoms with E-state index in [1.807, 2.05) is 0 Å². The maximum Gasteiger partial charge on any atom is 0.312 e. The van der Waals surface area contributed by atoms with Crippen LogP contribution in [0, 0.1) is 0 Å². The maximum absolute atomic E-state index is 9.76. The van der Waals surface area contributed by atoms with E-state index < -0.39 is 0 Å². The molecule has 0 aromatic heterocycles. The van der Waals surface area contributed by atoms with Crippen LogP contribution in [0.5, 0.6) is 0 Å². The molecule has 0 saturated carbocycles. The average molecular weight is 130 g/mol. The molecule has 0 unspecified atom stereocenters. The molecule has 0 bridgehead atoms. The minimum atomic E-state index is 0.171. The van der Waals surface area contributed by atoms with Gasteiger partial charge in [0.2, 0.25) is 0 Å². The van der Waals surface area contributed by atoms with E-state index in [2.05, 4.69) is 4.84 Å². The highest BCUT2D eigenvalue weighted by Gasteiger charge is 2.19. The first-order valence-corrected chi connectivity index (χ1v) is 2.94. The Bertz CT molecular complexity index is 107. The van der Waals surface area contributed by atoms with Crippen LogP contribution in [0.4, 0.5) is 0 Å². The summed E-state index contributed by atoms with van der Waals surface area (Å²) in [5.41, 5.74) is 5.52. The van der Waals surface area contributed by atoms with Crippen LogP contribution in [0.25, 0.3) is 0 Å². The molecule has 1 rings (SSSR count). The van der Waals surface area contributed by atoms with Crippen LogP contribution in [0.3, 0.4) is 0 Å². The van der Waals surface area contributed by atoms with Crippen LogP contribution >= 0.6 is 0 Å². The summed E-state index contributed by atoms with van der Waals surface area (Å²) in [4.78, 5) is 14.3. The van der Waals surface area contributed by atoms with Gasteiger partial charge < -0.3 is 10.6 Å². The van der Waals surface area contributed by atoms with E-state index in [1.54, 1.807) is 5.06 Å². The number of carbonyl (C=O) groups is 1. The molecule has 1 heterocycles. The first-order chi connectivity index (χ1) is 4.33. The highest BCUT2D eigenvalue weighted by molar-refractivity contribution is 5.36. The van der Waals surface area contributed by atoms with E-state index in [0.29, 0.717) is 13.0 Å². The Morgan fingerprint density at radius 1 is 1.78 bits per heavy atom. The Labute approximate surface area is 53.5 Å². The molecular formula is C5H10N2O2. The van der Waals surface area contributed by atoms with Crippen LogP contribution in [-0.4, -0.2) is 30.7 Å². The lowest BCUT2D eigenvalue weighted by molar-refractivity contribution is -0.168. The van der Waals surface area contributed by atoms with Gasteiger partial charge >= 0.3 is 6.47 Å². The van der Waals surface area contributed by atoms with E-state index >= 15 is 0 Å². The lowest BCUT2D eigenvalue weighted by atomic mass is 10.3. The molecule has 52 valence electrons. The highest BCUT2D eigenvalue weighted by atomic mass is 16.7. The van der Waals surface area contributed by atoms with E-state index in [0.717, 1.165) is 13.0 Å². The largest absolute Gasteiger partial charge is 0.371 e. The molecule has 0 spiro atoms. The van der Waals surface area contributed by atoms with Crippen molar-refractivity contribution in [1.29, 1.82) is 0 Å². The van der Waals surface area contributed by atoms with E-state index in [1.165, 1.54) is 0 Å². The van der Waals surface area contributed by atoms with Gasteiger partial charge in [0.25, 0.3) is 0 Å². The van der Waals surface area contributed by atoms with E-state index in [9.17, 15) is 4.79 Å². The molecule has 4 heteroatoms. The second-order valence-electron chi connectivity index (χ2n) is 2.14. The van der Waals surface area contributed by atoms with Crippen molar-refractivity contribution in [3.63, 3.8) is 0 Å². The SMILES string of the molecule is N[C@@H]1CCN(OC=O)C1. The summed E-state index contributed by atoms with van der Waals surface area (Å²) < 4.78 is 0. The molecule has 0 aliphatic carbocycles. The summed E-state index contributed by atoms with van der Waals surface area (Å²) in [5, 5.41) is 1.57. The molecule has 1 fully saturated rings. The minimum absolute atomic E-state index is 0.171. The number of hydroxylamine groups is 2. The minimum Gasteiger partial charge on any atom is -0.371 e. The quantitative estimate of drug-likeness (QED) is 0.492. The molecule has 1 aliphatic rings. The summed E-state index contributed by atoms with van der Waals surface area (Å²) in [5.74, 6) is 0. The van der Waals surface area contributed by atoms with Gasteiger partial charge in [-0.25, -0.2) is 0 Å². The number of hydrogen-bond acceptors (Lipinski definition) is 4. The summed E-state index contributed by atoms with van der Waals surface area (Å²) in [7, 11) is 0. The first-order valence-electron chi connectivity index (χ1n) is 2.94. The normalized spacial score (nSPS) is 28.3. The smallest absolute Gasteiger partial charge is 0.312 e. The fourth-order valence-corrected chi connectivity index (χ4v) is 0.911. The molecule has 0 aromatic carbocycles. The number of nitrogens with zero attached hydrogens (tertiary/aromatic N) is 1. The summed E-state index contributed by atoms with van der Waals surface area (Å²) in [6.45, 7) is 1.86. The van der Waals surface area contributed by atoms with Gasteiger partial charge in [0.15, 0.2) is 0 Å². The van der Waals surface area contributed by atoms with Crippen molar-refractivity contribution in [2.75, 3.05) is 13.1 Å². The van der Waals surface area contributed by atoms with Crippen molar-refractivity contribution in [3.8, 4) is 0 Å². The molecule has 0 aromatic rings. The van der Waals surface area contributed by atoms with Crippen molar-refractivity contribution < 1.29 is 9.63 Å². The van der Waals surface area contributed by atoms with Crippen LogP contribution in [0.2, 0.25) is 0 Å². The van der Waals surface area contributed by atoms with Gasteiger partial charge in [-0.2, -0.15) is 0 Å². The number of carbonyl (C=O) groups excluding carboxylic acids is 1. The summed E-state index contributed by atoms with van der Waals surface area (Å²) in [6, 6.07) is 0.171. The second kappa shape index (κ2) is 2.80. The number of rotatable bonds is 2. The van der Waals surface area contributed by atoms with Crippen molar-refractivity contribution in [1.82, 2.24) is 5.06 Å². The zero-order valence-corrected chi connectivity index (χ0v) is 5.12. The monoisotopic (exact) mass is 130 g/mol. The van der Waals surface area contributed by atoms with Crippen LogP contribution in [0.15, 0.2) is 0 Å².